The molecule has 2 aromatic rings. The number of amides is 3. The van der Waals surface area contributed by atoms with E-state index in [0.29, 0.717) is 29.8 Å². The first-order chi connectivity index (χ1) is 12.5. The number of nitrogens with one attached hydrogen (secondary N) is 3. The number of aromatic nitrogens is 1. The first kappa shape index (κ1) is 19.8. The van der Waals surface area contributed by atoms with Gasteiger partial charge in [-0.3, -0.25) is 10.2 Å². The van der Waals surface area contributed by atoms with Crippen molar-refractivity contribution in [2.24, 2.45) is 0 Å². The smallest absolute Gasteiger partial charge is 0.337 e. The number of halogens is 2. The largest absolute Gasteiger partial charge is 0.475 e. The molecule has 0 saturated carbocycles. The van der Waals surface area contributed by atoms with E-state index >= 15 is 0 Å². The number of hydrazine groups is 1. The van der Waals surface area contributed by atoms with E-state index in [2.05, 4.69) is 21.2 Å². The molecule has 26 heavy (non-hydrogen) atoms. The molecule has 0 saturated heterocycles. The van der Waals surface area contributed by atoms with E-state index in [1.165, 1.54) is 18.3 Å². The highest BCUT2D eigenvalue weighted by atomic mass is 35.5. The van der Waals surface area contributed by atoms with Gasteiger partial charge in [-0.2, -0.15) is 0 Å². The number of methoxy groups -OCH3 is 1. The Morgan fingerprint density at radius 2 is 1.92 bits per heavy atom. The van der Waals surface area contributed by atoms with Crippen LogP contribution in [-0.2, 0) is 4.74 Å². The molecule has 1 heterocycles. The standard InChI is InChI=1S/C16H16Cl2N4O4/c1-25-6-7-26-14-5-3-11(9-19-14)20-16(24)22-21-15(23)12-8-10(17)2-4-13(12)18/h2-5,8-9H,6-7H2,1H3,(H,21,23)(H2,20,22,24). The van der Waals surface area contributed by atoms with Gasteiger partial charge in [-0.15, -0.1) is 0 Å². The van der Waals surface area contributed by atoms with Crippen molar-refractivity contribution >= 4 is 40.8 Å². The van der Waals surface area contributed by atoms with Gasteiger partial charge >= 0.3 is 6.03 Å². The van der Waals surface area contributed by atoms with Crippen molar-refractivity contribution in [3.63, 3.8) is 0 Å². The van der Waals surface area contributed by atoms with Crippen LogP contribution in [0.2, 0.25) is 10.0 Å². The molecule has 138 valence electrons. The Kier molecular flexibility index (Phi) is 7.46. The van der Waals surface area contributed by atoms with Crippen molar-refractivity contribution in [3.8, 4) is 5.88 Å². The lowest BCUT2D eigenvalue weighted by molar-refractivity contribution is 0.0938. The lowest BCUT2D eigenvalue weighted by Crippen LogP contribution is -2.44. The maximum Gasteiger partial charge on any atom is 0.337 e. The molecule has 0 radical (unpaired) electrons. The summed E-state index contributed by atoms with van der Waals surface area (Å²) >= 11 is 11.7. The molecule has 0 atom stereocenters. The first-order valence-electron chi connectivity index (χ1n) is 7.40. The van der Waals surface area contributed by atoms with Crippen LogP contribution in [0.3, 0.4) is 0 Å². The minimum atomic E-state index is -0.661. The third-order valence-corrected chi connectivity index (χ3v) is 3.56. The zero-order valence-corrected chi connectivity index (χ0v) is 15.2. The average Bonchev–Trinajstić information content (AvgIpc) is 2.63. The molecule has 0 aliphatic rings. The summed E-state index contributed by atoms with van der Waals surface area (Å²) in [5.41, 5.74) is 4.99. The van der Waals surface area contributed by atoms with Gasteiger partial charge in [0.05, 0.1) is 29.1 Å². The van der Waals surface area contributed by atoms with Gasteiger partial charge in [0.2, 0.25) is 5.88 Å². The second kappa shape index (κ2) is 9.81. The Morgan fingerprint density at radius 3 is 2.62 bits per heavy atom. The number of benzene rings is 1. The molecular weight excluding hydrogens is 383 g/mol. The Labute approximate surface area is 159 Å². The third kappa shape index (κ3) is 6.07. The van der Waals surface area contributed by atoms with E-state index in [-0.39, 0.29) is 10.6 Å². The minimum absolute atomic E-state index is 0.138. The van der Waals surface area contributed by atoms with Crippen LogP contribution >= 0.6 is 23.2 Å². The fourth-order valence-electron chi connectivity index (χ4n) is 1.78. The molecule has 0 aliphatic carbocycles. The van der Waals surface area contributed by atoms with Crippen molar-refractivity contribution in [1.82, 2.24) is 15.8 Å². The number of hydrogen-bond donors (Lipinski definition) is 3. The Hall–Kier alpha value is -2.55. The summed E-state index contributed by atoms with van der Waals surface area (Å²) in [6.45, 7) is 0.815. The van der Waals surface area contributed by atoms with Crippen LogP contribution in [0.4, 0.5) is 10.5 Å². The second-order valence-corrected chi connectivity index (χ2v) is 5.73. The van der Waals surface area contributed by atoms with Gasteiger partial charge in [0.1, 0.15) is 6.61 Å². The minimum Gasteiger partial charge on any atom is -0.475 e. The summed E-state index contributed by atoms with van der Waals surface area (Å²) < 4.78 is 10.2. The van der Waals surface area contributed by atoms with E-state index in [1.807, 2.05) is 0 Å². The van der Waals surface area contributed by atoms with Gasteiger partial charge in [0.15, 0.2) is 0 Å². The Bertz CT molecular complexity index is 771. The number of carbonyl (C=O) groups is 2. The Balaban J connectivity index is 1.83. The molecule has 1 aromatic heterocycles. The van der Waals surface area contributed by atoms with Crippen LogP contribution in [0.15, 0.2) is 36.5 Å². The summed E-state index contributed by atoms with van der Waals surface area (Å²) in [7, 11) is 1.57. The number of nitrogens with zero attached hydrogens (tertiary/aromatic N) is 1. The molecule has 0 fully saturated rings. The molecule has 8 nitrogen and oxygen atoms in total. The number of pyridine rings is 1. The van der Waals surface area contributed by atoms with Gasteiger partial charge in [0, 0.05) is 18.2 Å². The van der Waals surface area contributed by atoms with Crippen LogP contribution in [-0.4, -0.2) is 37.2 Å². The number of hydrogen-bond acceptors (Lipinski definition) is 5. The summed E-state index contributed by atoms with van der Waals surface area (Å²) in [4.78, 5) is 27.9. The van der Waals surface area contributed by atoms with Gasteiger partial charge in [-0.25, -0.2) is 15.2 Å². The molecule has 3 N–H and O–H groups in total. The maximum absolute atomic E-state index is 12.0. The topological polar surface area (TPSA) is 102 Å². The van der Waals surface area contributed by atoms with Crippen molar-refractivity contribution in [2.75, 3.05) is 25.6 Å². The first-order valence-corrected chi connectivity index (χ1v) is 8.15. The third-order valence-electron chi connectivity index (χ3n) is 2.99. The lowest BCUT2D eigenvalue weighted by Gasteiger charge is -2.10. The van der Waals surface area contributed by atoms with Crippen LogP contribution < -0.4 is 20.9 Å². The van der Waals surface area contributed by atoms with E-state index in [9.17, 15) is 9.59 Å². The van der Waals surface area contributed by atoms with Crippen molar-refractivity contribution in [2.45, 2.75) is 0 Å². The van der Waals surface area contributed by atoms with E-state index in [1.54, 1.807) is 25.3 Å². The van der Waals surface area contributed by atoms with E-state index in [0.717, 1.165) is 0 Å². The summed E-state index contributed by atoms with van der Waals surface area (Å²) in [5, 5.41) is 3.06. The number of anilines is 1. The number of rotatable bonds is 6. The lowest BCUT2D eigenvalue weighted by atomic mass is 10.2. The predicted octanol–water partition coefficient (Wildman–Crippen LogP) is 2.88. The number of carbonyl (C=O) groups excluding carboxylic acids is 2. The van der Waals surface area contributed by atoms with Gasteiger partial charge in [-0.1, -0.05) is 23.2 Å². The van der Waals surface area contributed by atoms with Crippen molar-refractivity contribution in [3.05, 3.63) is 52.1 Å². The fraction of sp³-hybridized carbons (Fsp3) is 0.188. The normalized spacial score (nSPS) is 10.1. The summed E-state index contributed by atoms with van der Waals surface area (Å²) in [6.07, 6.45) is 1.41. The van der Waals surface area contributed by atoms with Crippen LogP contribution in [0.25, 0.3) is 0 Å². The highest BCUT2D eigenvalue weighted by Crippen LogP contribution is 2.20. The molecule has 1 aromatic carbocycles. The van der Waals surface area contributed by atoms with E-state index in [4.69, 9.17) is 32.7 Å². The maximum atomic E-state index is 12.0. The molecule has 0 unspecified atom stereocenters. The summed E-state index contributed by atoms with van der Waals surface area (Å²) in [5.74, 6) is -0.204. The number of urea groups is 1. The quantitative estimate of drug-likeness (QED) is 0.512. The van der Waals surface area contributed by atoms with Gasteiger partial charge in [0.25, 0.3) is 5.91 Å². The zero-order chi connectivity index (χ0) is 18.9. The fourth-order valence-corrected chi connectivity index (χ4v) is 2.16. The SMILES string of the molecule is COCCOc1ccc(NC(=O)NNC(=O)c2cc(Cl)ccc2Cl)cn1. The Morgan fingerprint density at radius 1 is 1.12 bits per heavy atom. The van der Waals surface area contributed by atoms with Crippen LogP contribution in [0.5, 0.6) is 5.88 Å². The van der Waals surface area contributed by atoms with Crippen molar-refractivity contribution < 1.29 is 19.1 Å². The van der Waals surface area contributed by atoms with Gasteiger partial charge < -0.3 is 14.8 Å². The molecule has 0 bridgehead atoms. The number of ether oxygens (including phenoxy) is 2. The monoisotopic (exact) mass is 398 g/mol. The van der Waals surface area contributed by atoms with Crippen molar-refractivity contribution in [1.29, 1.82) is 0 Å². The zero-order valence-electron chi connectivity index (χ0n) is 13.7. The summed E-state index contributed by atoms with van der Waals surface area (Å²) in [6, 6.07) is 6.97. The molecule has 10 heteroatoms. The van der Waals surface area contributed by atoms with Crippen LogP contribution in [0.1, 0.15) is 10.4 Å². The average molecular weight is 399 g/mol. The predicted molar refractivity (Wildman–Crippen MR) is 97.7 cm³/mol. The molecule has 0 aliphatic heterocycles. The second-order valence-electron chi connectivity index (χ2n) is 4.88. The van der Waals surface area contributed by atoms with Gasteiger partial charge in [-0.05, 0) is 24.3 Å². The molecular formula is C16H16Cl2N4O4. The molecule has 0 spiro atoms. The molecule has 3 amide bonds. The highest BCUT2D eigenvalue weighted by molar-refractivity contribution is 6.35. The highest BCUT2D eigenvalue weighted by Gasteiger charge is 2.12. The van der Waals surface area contributed by atoms with E-state index < -0.39 is 11.9 Å². The van der Waals surface area contributed by atoms with Crippen LogP contribution in [0, 0.1) is 0 Å². The molecule has 2 rings (SSSR count).